The van der Waals surface area contributed by atoms with Crippen LogP contribution in [0.5, 0.6) is 0 Å². The quantitative estimate of drug-likeness (QED) is 0.0272. The van der Waals surface area contributed by atoms with Crippen molar-refractivity contribution in [2.75, 3.05) is 26.4 Å². The molecule has 0 bridgehead atoms. The summed E-state index contributed by atoms with van der Waals surface area (Å²) in [7, 11) is 0. The highest BCUT2D eigenvalue weighted by atomic mass is 16.7. The third-order valence-corrected chi connectivity index (χ3v) is 13.9. The van der Waals surface area contributed by atoms with Gasteiger partial charge in [-0.1, -0.05) is 70.4 Å². The molecule has 0 aromatic rings. The highest BCUT2D eigenvalue weighted by Gasteiger charge is 2.56. The molecule has 0 radical (unpaired) electrons. The lowest BCUT2D eigenvalue weighted by Gasteiger charge is -2.51. The van der Waals surface area contributed by atoms with Crippen LogP contribution in [-0.4, -0.2) is 217 Å². The molecule has 3 heterocycles. The van der Waals surface area contributed by atoms with Gasteiger partial charge in [-0.15, -0.1) is 0 Å². The Labute approximate surface area is 427 Å². The minimum atomic E-state index is -1.88. The summed E-state index contributed by atoms with van der Waals surface area (Å²) in [5, 5.41) is 119. The van der Waals surface area contributed by atoms with E-state index in [9.17, 15) is 70.2 Å². The number of aliphatic hydroxyl groups is 10. The Morgan fingerprint density at radius 2 is 0.877 bits per heavy atom. The van der Waals surface area contributed by atoms with E-state index in [1.807, 2.05) is 0 Å². The summed E-state index contributed by atoms with van der Waals surface area (Å²) in [5.41, 5.74) is 0. The lowest BCUT2D eigenvalue weighted by Crippen LogP contribution is -2.71. The van der Waals surface area contributed by atoms with E-state index in [0.717, 1.165) is 52.4 Å². The van der Waals surface area contributed by atoms with Gasteiger partial charge in [0.2, 0.25) is 23.6 Å². The third kappa shape index (κ3) is 18.3. The van der Waals surface area contributed by atoms with Crippen molar-refractivity contribution in [1.29, 1.82) is 0 Å². The van der Waals surface area contributed by atoms with E-state index in [1.54, 1.807) is 0 Å². The van der Waals surface area contributed by atoms with Crippen molar-refractivity contribution < 1.29 is 98.7 Å². The Morgan fingerprint density at radius 3 is 1.33 bits per heavy atom. The Morgan fingerprint density at radius 1 is 0.479 bits per heavy atom. The van der Waals surface area contributed by atoms with Gasteiger partial charge in [0.1, 0.15) is 79.2 Å². The molecule has 4 aliphatic rings. The van der Waals surface area contributed by atoms with Crippen LogP contribution in [0.2, 0.25) is 0 Å². The molecule has 4 unspecified atom stereocenters. The maximum atomic E-state index is 13.3. The highest BCUT2D eigenvalue weighted by molar-refractivity contribution is 5.76. The summed E-state index contributed by atoms with van der Waals surface area (Å²) in [6.07, 6.45) is -6.17. The van der Waals surface area contributed by atoms with Crippen LogP contribution in [0.25, 0.3) is 0 Å². The SMILES string of the molecule is CCCCCCCC/C=C\CCCCCCCC(=O)N[C@@H]1C(O[C@H]2C(O)[C@@H](NC(C)=O)[C@H](O[C@H]3[C@H](O)[C@@H](NC(C)=O)[C@H](O[C@H]4C(O)[C@@H](NC(C)=O)C(O)C[C@@H]4CO)O[C@@H]3CO)O[C@@H]2CO)O[C@H](CO)[C@@H](O)[C@@H]1O. The van der Waals surface area contributed by atoms with Crippen LogP contribution in [0, 0.1) is 5.92 Å². The molecule has 4 amide bonds. The van der Waals surface area contributed by atoms with E-state index < -0.39 is 172 Å². The molecule has 20 atom stereocenters. The number of rotatable bonds is 29. The predicted molar refractivity (Wildman–Crippen MR) is 257 cm³/mol. The molecule has 73 heavy (non-hydrogen) atoms. The zero-order valence-electron chi connectivity index (χ0n) is 42.7. The van der Waals surface area contributed by atoms with Crippen LogP contribution in [0.1, 0.15) is 124 Å². The van der Waals surface area contributed by atoms with Gasteiger partial charge in [-0.2, -0.15) is 0 Å². The van der Waals surface area contributed by atoms with Gasteiger partial charge in [-0.25, -0.2) is 0 Å². The molecule has 24 heteroatoms. The topological polar surface area (TPSA) is 374 Å². The molecule has 1 aliphatic carbocycles. The number of hydrogen-bond donors (Lipinski definition) is 14. The van der Waals surface area contributed by atoms with E-state index in [0.29, 0.717) is 6.42 Å². The fraction of sp³-hybridized carbons (Fsp3) is 0.878. The van der Waals surface area contributed by atoms with Gasteiger partial charge in [0.15, 0.2) is 18.9 Å². The Balaban J connectivity index is 1.44. The number of allylic oxidation sites excluding steroid dienone is 2. The van der Waals surface area contributed by atoms with Crippen molar-refractivity contribution in [1.82, 2.24) is 21.3 Å². The third-order valence-electron chi connectivity index (χ3n) is 13.9. The lowest BCUT2D eigenvalue weighted by molar-refractivity contribution is -0.357. The molecule has 0 aromatic heterocycles. The Bertz CT molecular complexity index is 1690. The van der Waals surface area contributed by atoms with Gasteiger partial charge in [0.05, 0.1) is 38.1 Å². The second-order valence-corrected chi connectivity index (χ2v) is 19.8. The Hall–Kier alpha value is -3.02. The molecule has 4 rings (SSSR count). The number of nitrogens with one attached hydrogen (secondary N) is 4. The number of aliphatic hydroxyl groups excluding tert-OH is 10. The van der Waals surface area contributed by atoms with Crippen LogP contribution >= 0.6 is 0 Å². The summed E-state index contributed by atoms with van der Waals surface area (Å²) in [4.78, 5) is 50.4. The molecule has 3 aliphatic heterocycles. The molecule has 422 valence electrons. The normalized spacial score (nSPS) is 36.9. The molecular weight excluding hydrogens is 965 g/mol. The molecular formula is C49H86N4O20. The zero-order valence-corrected chi connectivity index (χ0v) is 42.7. The average molecular weight is 1050 g/mol. The number of hydrogen-bond acceptors (Lipinski definition) is 20. The van der Waals surface area contributed by atoms with Crippen LogP contribution in [0.4, 0.5) is 0 Å². The molecule has 3 saturated heterocycles. The second kappa shape index (κ2) is 31.9. The molecule has 0 spiro atoms. The van der Waals surface area contributed by atoms with Crippen LogP contribution in [0.3, 0.4) is 0 Å². The number of carbonyl (C=O) groups excluding carboxylic acids is 4. The minimum absolute atomic E-state index is 0.0574. The minimum Gasteiger partial charge on any atom is -0.396 e. The van der Waals surface area contributed by atoms with E-state index in [2.05, 4.69) is 40.3 Å². The first-order valence-electron chi connectivity index (χ1n) is 26.1. The van der Waals surface area contributed by atoms with Gasteiger partial charge < -0.3 is 101 Å². The van der Waals surface area contributed by atoms with Crippen molar-refractivity contribution >= 4 is 23.6 Å². The molecule has 1 saturated carbocycles. The number of carbonyl (C=O) groups is 4. The van der Waals surface area contributed by atoms with Crippen LogP contribution in [-0.2, 0) is 47.6 Å². The monoisotopic (exact) mass is 1050 g/mol. The van der Waals surface area contributed by atoms with Crippen molar-refractivity contribution in [2.45, 2.75) is 240 Å². The average Bonchev–Trinajstić information content (AvgIpc) is 3.35. The standard InChI is InChI=1S/C49H86N4O20/c1-5-6-7-8-9-10-11-12-13-14-15-16-17-18-19-20-34(62)53-36-40(64)39(63)31(23-55)68-47(36)72-45-33(25-57)70-49(38(43(45)67)52-28(4)60)73-46-32(24-56)69-48(37(42(46)66)51-27(3)59)71-44-29(22-54)21-30(61)35(41(44)65)50-26(2)58/h12-13,29-33,35-49,54-57,61,63-67H,5-11,14-25H2,1-4H3,(H,50,58)(H,51,59)(H,52,60)(H,53,62)/b13-12-/t29-,30?,31-,32-,33-,35+,36+,37-,38-,39-,40-,41?,42-,43?,44-,45-,46-,47?,48+,49+/m1/s1. The first-order valence-corrected chi connectivity index (χ1v) is 26.1. The fourth-order valence-electron chi connectivity index (χ4n) is 10.00. The van der Waals surface area contributed by atoms with Crippen molar-refractivity contribution in [3.63, 3.8) is 0 Å². The van der Waals surface area contributed by atoms with Gasteiger partial charge >= 0.3 is 0 Å². The van der Waals surface area contributed by atoms with E-state index >= 15 is 0 Å². The summed E-state index contributed by atoms with van der Waals surface area (Å²) in [6, 6.07) is -5.87. The Kier molecular flexibility index (Phi) is 27.3. The first kappa shape index (κ1) is 62.5. The first-order chi connectivity index (χ1) is 34.9. The summed E-state index contributed by atoms with van der Waals surface area (Å²) in [5.74, 6) is -3.46. The smallest absolute Gasteiger partial charge is 0.220 e. The van der Waals surface area contributed by atoms with Gasteiger partial charge in [-0.3, -0.25) is 19.2 Å². The molecule has 14 N–H and O–H groups in total. The number of unbranched alkanes of at least 4 members (excludes halogenated alkanes) is 11. The summed E-state index contributed by atoms with van der Waals surface area (Å²) >= 11 is 0. The van der Waals surface area contributed by atoms with Crippen molar-refractivity contribution in [3.05, 3.63) is 12.2 Å². The highest BCUT2D eigenvalue weighted by Crippen LogP contribution is 2.36. The number of amides is 4. The van der Waals surface area contributed by atoms with E-state index in [4.69, 9.17) is 28.4 Å². The van der Waals surface area contributed by atoms with Gasteiger partial charge in [0, 0.05) is 39.7 Å². The van der Waals surface area contributed by atoms with Gasteiger partial charge in [0.25, 0.3) is 0 Å². The molecule has 24 nitrogen and oxygen atoms in total. The molecule has 4 fully saturated rings. The second-order valence-electron chi connectivity index (χ2n) is 19.8. The van der Waals surface area contributed by atoms with Gasteiger partial charge in [-0.05, 0) is 38.5 Å². The maximum absolute atomic E-state index is 13.3. The predicted octanol–water partition coefficient (Wildman–Crippen LogP) is -2.49. The number of ether oxygens (including phenoxy) is 6. The maximum Gasteiger partial charge on any atom is 0.220 e. The summed E-state index contributed by atoms with van der Waals surface area (Å²) < 4.78 is 36.3. The molecule has 0 aromatic carbocycles. The van der Waals surface area contributed by atoms with E-state index in [-0.39, 0.29) is 12.8 Å². The zero-order chi connectivity index (χ0) is 53.8. The summed E-state index contributed by atoms with van der Waals surface area (Å²) in [6.45, 7) is 2.41. The fourth-order valence-corrected chi connectivity index (χ4v) is 10.00. The van der Waals surface area contributed by atoms with Crippen LogP contribution < -0.4 is 21.3 Å². The van der Waals surface area contributed by atoms with Crippen molar-refractivity contribution in [3.8, 4) is 0 Å². The van der Waals surface area contributed by atoms with Crippen LogP contribution in [0.15, 0.2) is 12.2 Å². The van der Waals surface area contributed by atoms with Crippen molar-refractivity contribution in [2.24, 2.45) is 5.92 Å². The van der Waals surface area contributed by atoms with E-state index in [1.165, 1.54) is 45.4 Å². The lowest BCUT2D eigenvalue weighted by atomic mass is 9.79. The largest absolute Gasteiger partial charge is 0.396 e.